The number of ether oxygens (including phenoxy) is 2. The topological polar surface area (TPSA) is 44.5 Å². The SMILES string of the molecule is COCC(N)COCC1CCCC1. The Labute approximate surface area is 80.6 Å². The van der Waals surface area contributed by atoms with Crippen LogP contribution in [-0.2, 0) is 9.47 Å². The zero-order valence-electron chi connectivity index (χ0n) is 8.50. The maximum atomic E-state index is 5.72. The highest BCUT2D eigenvalue weighted by atomic mass is 16.5. The molecule has 0 aromatic rings. The van der Waals surface area contributed by atoms with Crippen molar-refractivity contribution in [2.45, 2.75) is 31.7 Å². The van der Waals surface area contributed by atoms with Gasteiger partial charge in [-0.15, -0.1) is 0 Å². The van der Waals surface area contributed by atoms with Crippen molar-refractivity contribution in [2.75, 3.05) is 26.9 Å². The number of nitrogens with two attached hydrogens (primary N) is 1. The molecule has 1 aliphatic carbocycles. The lowest BCUT2D eigenvalue weighted by Gasteiger charge is -2.13. The summed E-state index contributed by atoms with van der Waals surface area (Å²) in [5.41, 5.74) is 5.72. The van der Waals surface area contributed by atoms with Crippen LogP contribution in [0.3, 0.4) is 0 Å². The molecule has 1 unspecified atom stereocenters. The van der Waals surface area contributed by atoms with Gasteiger partial charge in [0.1, 0.15) is 0 Å². The van der Waals surface area contributed by atoms with E-state index >= 15 is 0 Å². The Morgan fingerprint density at radius 2 is 2.00 bits per heavy atom. The van der Waals surface area contributed by atoms with Gasteiger partial charge in [-0.1, -0.05) is 12.8 Å². The van der Waals surface area contributed by atoms with Gasteiger partial charge < -0.3 is 15.2 Å². The van der Waals surface area contributed by atoms with Gasteiger partial charge in [-0.3, -0.25) is 0 Å². The molecule has 13 heavy (non-hydrogen) atoms. The van der Waals surface area contributed by atoms with E-state index in [4.69, 9.17) is 15.2 Å². The Kier molecular flexibility index (Phi) is 5.35. The van der Waals surface area contributed by atoms with Crippen molar-refractivity contribution < 1.29 is 9.47 Å². The summed E-state index contributed by atoms with van der Waals surface area (Å²) in [6.45, 7) is 2.10. The summed E-state index contributed by atoms with van der Waals surface area (Å²) in [5, 5.41) is 0. The first-order chi connectivity index (χ1) is 6.33. The Morgan fingerprint density at radius 1 is 1.31 bits per heavy atom. The normalized spacial score (nSPS) is 20.8. The van der Waals surface area contributed by atoms with Crippen molar-refractivity contribution in [1.82, 2.24) is 0 Å². The molecule has 1 saturated carbocycles. The Hall–Kier alpha value is -0.120. The molecule has 0 bridgehead atoms. The summed E-state index contributed by atoms with van der Waals surface area (Å²) < 4.78 is 10.4. The molecule has 1 fully saturated rings. The fraction of sp³-hybridized carbons (Fsp3) is 1.00. The summed E-state index contributed by atoms with van der Waals surface area (Å²) in [7, 11) is 1.66. The lowest BCUT2D eigenvalue weighted by molar-refractivity contribution is 0.0669. The molecule has 3 heteroatoms. The molecule has 0 aromatic heterocycles. The minimum Gasteiger partial charge on any atom is -0.383 e. The molecular weight excluding hydrogens is 166 g/mol. The van der Waals surface area contributed by atoms with E-state index in [0.717, 1.165) is 12.5 Å². The molecule has 1 atom stereocenters. The molecule has 1 rings (SSSR count). The molecule has 0 aromatic carbocycles. The first kappa shape index (κ1) is 11.0. The maximum Gasteiger partial charge on any atom is 0.0640 e. The van der Waals surface area contributed by atoms with E-state index in [1.807, 2.05) is 0 Å². The molecule has 0 amide bonds. The van der Waals surface area contributed by atoms with Gasteiger partial charge >= 0.3 is 0 Å². The summed E-state index contributed by atoms with van der Waals surface area (Å²) in [6.07, 6.45) is 5.41. The van der Waals surface area contributed by atoms with Crippen molar-refractivity contribution in [3.05, 3.63) is 0 Å². The van der Waals surface area contributed by atoms with Crippen LogP contribution < -0.4 is 5.73 Å². The van der Waals surface area contributed by atoms with Crippen LogP contribution in [0.4, 0.5) is 0 Å². The van der Waals surface area contributed by atoms with Gasteiger partial charge in [0.2, 0.25) is 0 Å². The van der Waals surface area contributed by atoms with Gasteiger partial charge in [-0.05, 0) is 18.8 Å². The average molecular weight is 187 g/mol. The summed E-state index contributed by atoms with van der Waals surface area (Å²) in [6, 6.07) is 0.0337. The molecule has 1 aliphatic rings. The number of methoxy groups -OCH3 is 1. The number of hydrogen-bond donors (Lipinski definition) is 1. The fourth-order valence-corrected chi connectivity index (χ4v) is 1.83. The van der Waals surface area contributed by atoms with E-state index < -0.39 is 0 Å². The predicted molar refractivity (Wildman–Crippen MR) is 52.6 cm³/mol. The van der Waals surface area contributed by atoms with E-state index in [9.17, 15) is 0 Å². The molecule has 0 heterocycles. The highest BCUT2D eigenvalue weighted by Gasteiger charge is 2.15. The Balaban J connectivity index is 1.93. The second-order valence-corrected chi connectivity index (χ2v) is 3.90. The second-order valence-electron chi connectivity index (χ2n) is 3.90. The third-order valence-corrected chi connectivity index (χ3v) is 2.54. The van der Waals surface area contributed by atoms with Gasteiger partial charge in [0.25, 0.3) is 0 Å². The second kappa shape index (κ2) is 6.35. The predicted octanol–water partition coefficient (Wildman–Crippen LogP) is 1.17. The molecule has 0 saturated heterocycles. The minimum absolute atomic E-state index is 0.0337. The molecule has 2 N–H and O–H groups in total. The third kappa shape index (κ3) is 4.60. The first-order valence-corrected chi connectivity index (χ1v) is 5.15. The molecule has 0 aliphatic heterocycles. The quantitative estimate of drug-likeness (QED) is 0.679. The van der Waals surface area contributed by atoms with Crippen LogP contribution in [0.5, 0.6) is 0 Å². The van der Waals surface area contributed by atoms with Crippen LogP contribution >= 0.6 is 0 Å². The monoisotopic (exact) mass is 187 g/mol. The van der Waals surface area contributed by atoms with Gasteiger partial charge in [0.15, 0.2) is 0 Å². The first-order valence-electron chi connectivity index (χ1n) is 5.15. The molecule has 3 nitrogen and oxygen atoms in total. The fourth-order valence-electron chi connectivity index (χ4n) is 1.83. The molecule has 78 valence electrons. The van der Waals surface area contributed by atoms with E-state index in [2.05, 4.69) is 0 Å². The summed E-state index contributed by atoms with van der Waals surface area (Å²) in [4.78, 5) is 0. The molecule has 0 radical (unpaired) electrons. The number of hydrogen-bond acceptors (Lipinski definition) is 3. The zero-order chi connectivity index (χ0) is 9.52. The number of rotatable bonds is 6. The Morgan fingerprint density at radius 3 is 2.62 bits per heavy atom. The lowest BCUT2D eigenvalue weighted by atomic mass is 10.1. The van der Waals surface area contributed by atoms with Crippen LogP contribution in [0.25, 0.3) is 0 Å². The lowest BCUT2D eigenvalue weighted by Crippen LogP contribution is -2.31. The average Bonchev–Trinajstić information content (AvgIpc) is 2.57. The van der Waals surface area contributed by atoms with Crippen LogP contribution in [0.2, 0.25) is 0 Å². The van der Waals surface area contributed by atoms with Gasteiger partial charge in [0.05, 0.1) is 19.3 Å². The van der Waals surface area contributed by atoms with Crippen molar-refractivity contribution in [3.8, 4) is 0 Å². The van der Waals surface area contributed by atoms with Crippen LogP contribution in [0.15, 0.2) is 0 Å². The van der Waals surface area contributed by atoms with Gasteiger partial charge in [-0.2, -0.15) is 0 Å². The van der Waals surface area contributed by atoms with E-state index in [-0.39, 0.29) is 6.04 Å². The summed E-state index contributed by atoms with van der Waals surface area (Å²) in [5.74, 6) is 0.787. The van der Waals surface area contributed by atoms with E-state index in [1.165, 1.54) is 25.7 Å². The van der Waals surface area contributed by atoms with Crippen LogP contribution in [0, 0.1) is 5.92 Å². The summed E-state index contributed by atoms with van der Waals surface area (Å²) >= 11 is 0. The van der Waals surface area contributed by atoms with Crippen LogP contribution in [-0.4, -0.2) is 33.0 Å². The van der Waals surface area contributed by atoms with Crippen molar-refractivity contribution in [2.24, 2.45) is 11.7 Å². The van der Waals surface area contributed by atoms with Gasteiger partial charge in [-0.25, -0.2) is 0 Å². The highest BCUT2D eigenvalue weighted by molar-refractivity contribution is 4.67. The molecule has 0 spiro atoms. The third-order valence-electron chi connectivity index (χ3n) is 2.54. The van der Waals surface area contributed by atoms with E-state index in [1.54, 1.807) is 7.11 Å². The smallest absolute Gasteiger partial charge is 0.0640 e. The van der Waals surface area contributed by atoms with E-state index in [0.29, 0.717) is 13.2 Å². The molecular formula is C10H21NO2. The van der Waals surface area contributed by atoms with Crippen molar-refractivity contribution >= 4 is 0 Å². The Bertz CT molecular complexity index is 124. The maximum absolute atomic E-state index is 5.72. The van der Waals surface area contributed by atoms with Crippen LogP contribution in [0.1, 0.15) is 25.7 Å². The highest BCUT2D eigenvalue weighted by Crippen LogP contribution is 2.24. The minimum atomic E-state index is 0.0337. The zero-order valence-corrected chi connectivity index (χ0v) is 8.50. The van der Waals surface area contributed by atoms with Crippen molar-refractivity contribution in [3.63, 3.8) is 0 Å². The standard InChI is InChI=1S/C10H21NO2/c1-12-7-10(11)8-13-6-9-4-2-3-5-9/h9-10H,2-8,11H2,1H3. The van der Waals surface area contributed by atoms with Crippen molar-refractivity contribution in [1.29, 1.82) is 0 Å². The largest absolute Gasteiger partial charge is 0.383 e. The van der Waals surface area contributed by atoms with Gasteiger partial charge in [0, 0.05) is 13.7 Å².